The lowest BCUT2D eigenvalue weighted by atomic mass is 10.1. The van der Waals surface area contributed by atoms with Crippen LogP contribution in [0.15, 0.2) is 11.1 Å². The molecule has 1 aromatic heterocycles. The number of nitrogens with one attached hydrogen (secondary N) is 1. The van der Waals surface area contributed by atoms with E-state index in [4.69, 9.17) is 0 Å². The fourth-order valence-electron chi connectivity index (χ4n) is 2.32. The quantitative estimate of drug-likeness (QED) is 0.866. The maximum Gasteiger partial charge on any atom is 0.246 e. The van der Waals surface area contributed by atoms with Gasteiger partial charge in [-0.3, -0.25) is 5.10 Å². The molecular formula is C11H20N4O2S. The summed E-state index contributed by atoms with van der Waals surface area (Å²) in [6.45, 7) is 5.68. The number of H-pyrrole nitrogens is 1. The molecule has 1 fully saturated rings. The van der Waals surface area contributed by atoms with Crippen LogP contribution in [0, 0.1) is 6.92 Å². The van der Waals surface area contributed by atoms with Gasteiger partial charge in [-0.15, -0.1) is 0 Å². The van der Waals surface area contributed by atoms with Gasteiger partial charge in [-0.25, -0.2) is 8.42 Å². The number of rotatable bonds is 3. The molecule has 102 valence electrons. The zero-order valence-electron chi connectivity index (χ0n) is 11.0. The van der Waals surface area contributed by atoms with Crippen molar-refractivity contribution >= 4 is 10.0 Å². The highest BCUT2D eigenvalue weighted by Gasteiger charge is 2.33. The fraction of sp³-hybridized carbons (Fsp3) is 0.727. The Hall–Kier alpha value is -0.920. The number of aromatic nitrogens is 2. The van der Waals surface area contributed by atoms with Gasteiger partial charge >= 0.3 is 0 Å². The lowest BCUT2D eigenvalue weighted by molar-refractivity contribution is 0.144. The van der Waals surface area contributed by atoms with Gasteiger partial charge in [-0.05, 0) is 20.4 Å². The average molecular weight is 272 g/mol. The molecule has 0 saturated carbocycles. The predicted octanol–water partition coefficient (Wildman–Crippen LogP) is 0.433. The number of hydrogen-bond acceptors (Lipinski definition) is 4. The van der Waals surface area contributed by atoms with Crippen molar-refractivity contribution in [2.75, 3.05) is 26.7 Å². The number of sulfonamides is 1. The highest BCUT2D eigenvalue weighted by atomic mass is 32.2. The molecule has 0 aromatic carbocycles. The summed E-state index contributed by atoms with van der Waals surface area (Å²) in [4.78, 5) is 2.51. The molecule has 1 aromatic rings. The Labute approximate surface area is 108 Å². The first-order valence-electron chi connectivity index (χ1n) is 6.17. The third kappa shape index (κ3) is 2.30. The number of hydrogen-bond donors (Lipinski definition) is 1. The molecule has 0 amide bonds. The topological polar surface area (TPSA) is 69.3 Å². The van der Waals surface area contributed by atoms with Gasteiger partial charge in [0.15, 0.2) is 0 Å². The van der Waals surface area contributed by atoms with Gasteiger partial charge in [0.1, 0.15) is 4.90 Å². The van der Waals surface area contributed by atoms with Crippen molar-refractivity contribution < 1.29 is 8.42 Å². The van der Waals surface area contributed by atoms with E-state index >= 15 is 0 Å². The maximum absolute atomic E-state index is 12.5. The third-order valence-electron chi connectivity index (χ3n) is 3.61. The zero-order chi connectivity index (χ0) is 13.3. The minimum atomic E-state index is -3.40. The second-order valence-electron chi connectivity index (χ2n) is 4.76. The van der Waals surface area contributed by atoms with Crippen molar-refractivity contribution in [3.8, 4) is 0 Å². The number of aryl methyl sites for hydroxylation is 1. The summed E-state index contributed by atoms with van der Waals surface area (Å²) in [5.74, 6) is 0. The molecule has 1 unspecified atom stereocenters. The number of piperazine rings is 1. The summed E-state index contributed by atoms with van der Waals surface area (Å²) in [5.41, 5.74) is 0.599. The lowest BCUT2D eigenvalue weighted by Crippen LogP contribution is -2.52. The van der Waals surface area contributed by atoms with Crippen LogP contribution in [0.25, 0.3) is 0 Å². The number of aromatic amines is 1. The maximum atomic E-state index is 12.5. The number of likely N-dealkylation sites (N-methyl/N-ethyl adjacent to an activating group) is 1. The van der Waals surface area contributed by atoms with Gasteiger partial charge < -0.3 is 4.90 Å². The summed E-state index contributed by atoms with van der Waals surface area (Å²) in [5, 5.41) is 6.48. The van der Waals surface area contributed by atoms with E-state index in [1.807, 2.05) is 7.05 Å². The van der Waals surface area contributed by atoms with Gasteiger partial charge in [0.05, 0.1) is 11.9 Å². The predicted molar refractivity (Wildman–Crippen MR) is 68.8 cm³/mol. The van der Waals surface area contributed by atoms with Crippen LogP contribution in [0.3, 0.4) is 0 Å². The Morgan fingerprint density at radius 1 is 1.50 bits per heavy atom. The Bertz CT molecular complexity index is 511. The average Bonchev–Trinajstić information content (AvgIpc) is 2.76. The molecule has 2 rings (SSSR count). The van der Waals surface area contributed by atoms with E-state index in [1.165, 1.54) is 6.20 Å². The molecule has 0 aliphatic carbocycles. The van der Waals surface area contributed by atoms with Crippen molar-refractivity contribution in [2.45, 2.75) is 31.2 Å². The highest BCUT2D eigenvalue weighted by molar-refractivity contribution is 7.89. The SMILES string of the molecule is CCC1CN(S(=O)(=O)c2cn[nH]c2C)CCN1C. The van der Waals surface area contributed by atoms with E-state index in [0.29, 0.717) is 29.7 Å². The van der Waals surface area contributed by atoms with Crippen molar-refractivity contribution in [1.82, 2.24) is 19.4 Å². The van der Waals surface area contributed by atoms with E-state index < -0.39 is 10.0 Å². The minimum absolute atomic E-state index is 0.292. The van der Waals surface area contributed by atoms with Crippen molar-refractivity contribution in [3.05, 3.63) is 11.9 Å². The van der Waals surface area contributed by atoms with E-state index in [9.17, 15) is 8.42 Å². The first-order chi connectivity index (χ1) is 8.46. The molecule has 7 heteroatoms. The monoisotopic (exact) mass is 272 g/mol. The minimum Gasteiger partial charge on any atom is -0.301 e. The van der Waals surface area contributed by atoms with Gasteiger partial charge in [0, 0.05) is 25.7 Å². The van der Waals surface area contributed by atoms with E-state index in [0.717, 1.165) is 13.0 Å². The zero-order valence-corrected chi connectivity index (χ0v) is 11.9. The first kappa shape index (κ1) is 13.5. The van der Waals surface area contributed by atoms with Crippen LogP contribution in [0.4, 0.5) is 0 Å². The molecule has 0 radical (unpaired) electrons. The molecule has 0 bridgehead atoms. The van der Waals surface area contributed by atoms with E-state index in [2.05, 4.69) is 22.0 Å². The number of nitrogens with zero attached hydrogens (tertiary/aromatic N) is 3. The van der Waals surface area contributed by atoms with Crippen LogP contribution >= 0.6 is 0 Å². The summed E-state index contributed by atoms with van der Waals surface area (Å²) < 4.78 is 26.5. The molecule has 6 nitrogen and oxygen atoms in total. The van der Waals surface area contributed by atoms with Crippen LogP contribution in [0.1, 0.15) is 19.0 Å². The molecule has 1 saturated heterocycles. The highest BCUT2D eigenvalue weighted by Crippen LogP contribution is 2.21. The summed E-state index contributed by atoms with van der Waals surface area (Å²) >= 11 is 0. The van der Waals surface area contributed by atoms with Gasteiger partial charge in [0.2, 0.25) is 10.0 Å². The smallest absolute Gasteiger partial charge is 0.246 e. The summed E-state index contributed by atoms with van der Waals surface area (Å²) in [6, 6.07) is 0.292. The summed E-state index contributed by atoms with van der Waals surface area (Å²) in [7, 11) is -1.36. The molecule has 18 heavy (non-hydrogen) atoms. The van der Waals surface area contributed by atoms with Gasteiger partial charge in [-0.2, -0.15) is 9.40 Å². The first-order valence-corrected chi connectivity index (χ1v) is 7.61. The standard InChI is InChI=1S/C11H20N4O2S/c1-4-10-8-15(6-5-14(10)3)18(16,17)11-7-12-13-9(11)2/h7,10H,4-6,8H2,1-3H3,(H,12,13). The van der Waals surface area contributed by atoms with Gasteiger partial charge in [0.25, 0.3) is 0 Å². The van der Waals surface area contributed by atoms with Crippen molar-refractivity contribution in [2.24, 2.45) is 0 Å². The summed E-state index contributed by atoms with van der Waals surface area (Å²) in [6.07, 6.45) is 2.34. The Kier molecular flexibility index (Phi) is 3.74. The van der Waals surface area contributed by atoms with Crippen molar-refractivity contribution in [1.29, 1.82) is 0 Å². The second kappa shape index (κ2) is 4.99. The largest absolute Gasteiger partial charge is 0.301 e. The molecule has 1 atom stereocenters. The van der Waals surface area contributed by atoms with E-state index in [1.54, 1.807) is 11.2 Å². The lowest BCUT2D eigenvalue weighted by Gasteiger charge is -2.38. The molecule has 1 N–H and O–H groups in total. The fourth-order valence-corrected chi connectivity index (χ4v) is 3.90. The van der Waals surface area contributed by atoms with Crippen LogP contribution < -0.4 is 0 Å². The molecule has 2 heterocycles. The third-order valence-corrected chi connectivity index (χ3v) is 5.59. The molecular weight excluding hydrogens is 252 g/mol. The molecule has 0 spiro atoms. The second-order valence-corrected chi connectivity index (χ2v) is 6.67. The normalized spacial score (nSPS) is 23.4. The van der Waals surface area contributed by atoms with Crippen molar-refractivity contribution in [3.63, 3.8) is 0 Å². The van der Waals surface area contributed by atoms with Gasteiger partial charge in [-0.1, -0.05) is 6.92 Å². The Balaban J connectivity index is 2.24. The van der Waals surface area contributed by atoms with Crippen LogP contribution in [-0.2, 0) is 10.0 Å². The Morgan fingerprint density at radius 3 is 2.78 bits per heavy atom. The van der Waals surface area contributed by atoms with Crippen LogP contribution in [0.2, 0.25) is 0 Å². The molecule has 1 aliphatic heterocycles. The Morgan fingerprint density at radius 2 is 2.22 bits per heavy atom. The van der Waals surface area contributed by atoms with Crippen LogP contribution in [-0.4, -0.2) is 60.5 Å². The van der Waals surface area contributed by atoms with E-state index in [-0.39, 0.29) is 0 Å². The molecule has 1 aliphatic rings. The van der Waals surface area contributed by atoms with Crippen LogP contribution in [0.5, 0.6) is 0 Å².